The van der Waals surface area contributed by atoms with E-state index in [1.165, 1.54) is 30.3 Å². The monoisotopic (exact) mass is 394 g/mol. The van der Waals surface area contributed by atoms with Gasteiger partial charge in [-0.3, -0.25) is 10.1 Å². The number of benzene rings is 2. The first-order valence-corrected chi connectivity index (χ1v) is 7.53. The summed E-state index contributed by atoms with van der Waals surface area (Å²) < 4.78 is 18.9. The van der Waals surface area contributed by atoms with Gasteiger partial charge in [-0.05, 0) is 36.4 Å². The van der Waals surface area contributed by atoms with Crippen molar-refractivity contribution in [3.8, 4) is 0 Å². The van der Waals surface area contributed by atoms with Crippen molar-refractivity contribution in [2.24, 2.45) is 0 Å². The molecule has 6 nitrogen and oxygen atoms in total. The highest BCUT2D eigenvalue weighted by Crippen LogP contribution is 2.12. The second kappa shape index (κ2) is 8.21. The van der Waals surface area contributed by atoms with Gasteiger partial charge in [-0.25, -0.2) is 14.0 Å². The maximum absolute atomic E-state index is 13.4. The van der Waals surface area contributed by atoms with Gasteiger partial charge >= 0.3 is 12.0 Å². The van der Waals surface area contributed by atoms with Gasteiger partial charge < -0.3 is 10.1 Å². The number of esters is 1. The molecule has 0 bridgehead atoms. The Labute approximate surface area is 145 Å². The molecular weight excluding hydrogens is 383 g/mol. The van der Waals surface area contributed by atoms with Crippen molar-refractivity contribution in [3.05, 3.63) is 64.4 Å². The zero-order valence-corrected chi connectivity index (χ0v) is 13.8. The van der Waals surface area contributed by atoms with Crippen LogP contribution in [0.2, 0.25) is 0 Å². The summed E-state index contributed by atoms with van der Waals surface area (Å²) >= 11 is 3.23. The molecule has 0 radical (unpaired) electrons. The molecule has 0 aromatic heterocycles. The lowest BCUT2D eigenvalue weighted by Gasteiger charge is -2.08. The van der Waals surface area contributed by atoms with Crippen molar-refractivity contribution >= 4 is 39.5 Å². The van der Waals surface area contributed by atoms with E-state index in [1.807, 2.05) is 5.32 Å². The molecule has 0 heterocycles. The standard InChI is InChI=1S/C16H12BrFN2O4/c17-11-7-5-10(6-8-11)15(22)24-9-14(21)20-16(23)19-13-4-2-1-3-12(13)18/h1-8H,9H2,(H2,19,20,21,23). The van der Waals surface area contributed by atoms with Crippen LogP contribution in [0.5, 0.6) is 0 Å². The second-order valence-electron chi connectivity index (χ2n) is 4.57. The van der Waals surface area contributed by atoms with E-state index in [4.69, 9.17) is 4.74 Å². The number of hydrogen-bond donors (Lipinski definition) is 2. The molecule has 0 saturated carbocycles. The highest BCUT2D eigenvalue weighted by atomic mass is 79.9. The zero-order chi connectivity index (χ0) is 17.5. The first-order chi connectivity index (χ1) is 11.5. The number of para-hydroxylation sites is 1. The van der Waals surface area contributed by atoms with E-state index in [0.717, 1.165) is 10.5 Å². The second-order valence-corrected chi connectivity index (χ2v) is 5.48. The molecule has 124 valence electrons. The smallest absolute Gasteiger partial charge is 0.338 e. The maximum atomic E-state index is 13.4. The predicted molar refractivity (Wildman–Crippen MR) is 88.0 cm³/mol. The molecule has 2 rings (SSSR count). The number of nitrogens with one attached hydrogen (secondary N) is 2. The molecule has 2 N–H and O–H groups in total. The summed E-state index contributed by atoms with van der Waals surface area (Å²) in [5, 5.41) is 4.11. The Balaban J connectivity index is 1.80. The molecule has 8 heteroatoms. The lowest BCUT2D eigenvalue weighted by atomic mass is 10.2. The van der Waals surface area contributed by atoms with Crippen molar-refractivity contribution < 1.29 is 23.5 Å². The zero-order valence-electron chi connectivity index (χ0n) is 12.2. The summed E-state index contributed by atoms with van der Waals surface area (Å²) in [4.78, 5) is 34.9. The number of halogens is 2. The minimum absolute atomic E-state index is 0.0744. The Hall–Kier alpha value is -2.74. The summed E-state index contributed by atoms with van der Waals surface area (Å²) in [7, 11) is 0. The molecule has 0 spiro atoms. The molecular formula is C16H12BrFN2O4. The van der Waals surface area contributed by atoms with Crippen LogP contribution in [0.4, 0.5) is 14.9 Å². The Bertz CT molecular complexity index is 765. The first kappa shape index (κ1) is 17.6. The Kier molecular flexibility index (Phi) is 6.02. The third kappa shape index (κ3) is 5.17. The SMILES string of the molecule is O=C(COC(=O)c1ccc(Br)cc1)NC(=O)Nc1ccccc1F. The number of carbonyl (C=O) groups is 3. The third-order valence-corrected chi connectivity index (χ3v) is 3.32. The molecule has 0 atom stereocenters. The Morgan fingerprint density at radius 3 is 2.38 bits per heavy atom. The van der Waals surface area contributed by atoms with Gasteiger partial charge in [0, 0.05) is 4.47 Å². The topological polar surface area (TPSA) is 84.5 Å². The highest BCUT2D eigenvalue weighted by Gasteiger charge is 2.13. The van der Waals surface area contributed by atoms with Crippen LogP contribution < -0.4 is 10.6 Å². The number of imide groups is 1. The summed E-state index contributed by atoms with van der Waals surface area (Å²) in [6.45, 7) is -0.639. The quantitative estimate of drug-likeness (QED) is 0.780. The molecule has 0 fully saturated rings. The normalized spacial score (nSPS) is 9.92. The van der Waals surface area contributed by atoms with Crippen molar-refractivity contribution in [2.75, 3.05) is 11.9 Å². The maximum Gasteiger partial charge on any atom is 0.338 e. The van der Waals surface area contributed by atoms with Crippen LogP contribution in [0, 0.1) is 5.82 Å². The molecule has 3 amide bonds. The summed E-state index contributed by atoms with van der Waals surface area (Å²) in [6.07, 6.45) is 0. The van der Waals surface area contributed by atoms with Gasteiger partial charge in [0.25, 0.3) is 5.91 Å². The Morgan fingerprint density at radius 1 is 1.04 bits per heavy atom. The van der Waals surface area contributed by atoms with E-state index in [9.17, 15) is 18.8 Å². The minimum Gasteiger partial charge on any atom is -0.452 e. The van der Waals surface area contributed by atoms with Crippen molar-refractivity contribution in [3.63, 3.8) is 0 Å². The predicted octanol–water partition coefficient (Wildman–Crippen LogP) is 3.09. The van der Waals surface area contributed by atoms with E-state index in [1.54, 1.807) is 12.1 Å². The van der Waals surface area contributed by atoms with Gasteiger partial charge in [0.1, 0.15) is 5.82 Å². The molecule has 0 aliphatic heterocycles. The molecule has 0 saturated heterocycles. The van der Waals surface area contributed by atoms with Gasteiger partial charge in [0.2, 0.25) is 0 Å². The molecule has 0 aliphatic rings. The fraction of sp³-hybridized carbons (Fsp3) is 0.0625. The lowest BCUT2D eigenvalue weighted by molar-refractivity contribution is -0.123. The minimum atomic E-state index is -0.926. The Morgan fingerprint density at radius 2 is 1.71 bits per heavy atom. The van der Waals surface area contributed by atoms with E-state index >= 15 is 0 Å². The fourth-order valence-electron chi connectivity index (χ4n) is 1.68. The van der Waals surface area contributed by atoms with Gasteiger partial charge in [0.15, 0.2) is 6.61 Å². The fourth-order valence-corrected chi connectivity index (χ4v) is 1.94. The van der Waals surface area contributed by atoms with Crippen molar-refractivity contribution in [1.82, 2.24) is 5.32 Å². The van der Waals surface area contributed by atoms with Gasteiger partial charge in [0.05, 0.1) is 11.3 Å². The van der Waals surface area contributed by atoms with E-state index in [0.29, 0.717) is 0 Å². The average molecular weight is 395 g/mol. The number of ether oxygens (including phenoxy) is 1. The molecule has 2 aromatic carbocycles. The number of hydrogen-bond acceptors (Lipinski definition) is 4. The number of amides is 3. The van der Waals surface area contributed by atoms with Crippen LogP contribution in [0.1, 0.15) is 10.4 Å². The van der Waals surface area contributed by atoms with Crippen LogP contribution in [-0.4, -0.2) is 24.5 Å². The third-order valence-electron chi connectivity index (χ3n) is 2.79. The van der Waals surface area contributed by atoms with E-state index in [-0.39, 0.29) is 11.3 Å². The number of carbonyl (C=O) groups excluding carboxylic acids is 3. The van der Waals surface area contributed by atoms with Gasteiger partial charge in [-0.15, -0.1) is 0 Å². The largest absolute Gasteiger partial charge is 0.452 e. The number of rotatable bonds is 4. The van der Waals surface area contributed by atoms with E-state index < -0.39 is 30.3 Å². The summed E-state index contributed by atoms with van der Waals surface area (Å²) in [6, 6.07) is 10.9. The van der Waals surface area contributed by atoms with Gasteiger partial charge in [-0.2, -0.15) is 0 Å². The molecule has 0 aliphatic carbocycles. The number of urea groups is 1. The van der Waals surface area contributed by atoms with Crippen molar-refractivity contribution in [1.29, 1.82) is 0 Å². The molecule has 2 aromatic rings. The number of anilines is 1. The molecule has 0 unspecified atom stereocenters. The summed E-state index contributed by atoms with van der Waals surface area (Å²) in [5.74, 6) is -2.18. The van der Waals surface area contributed by atoms with Crippen LogP contribution in [0.3, 0.4) is 0 Å². The van der Waals surface area contributed by atoms with Crippen LogP contribution in [-0.2, 0) is 9.53 Å². The van der Waals surface area contributed by atoms with Crippen LogP contribution in [0.25, 0.3) is 0 Å². The summed E-state index contributed by atoms with van der Waals surface area (Å²) in [5.41, 5.74) is 0.191. The highest BCUT2D eigenvalue weighted by molar-refractivity contribution is 9.10. The van der Waals surface area contributed by atoms with Crippen molar-refractivity contribution in [2.45, 2.75) is 0 Å². The average Bonchev–Trinajstić information content (AvgIpc) is 2.55. The first-order valence-electron chi connectivity index (χ1n) is 6.74. The molecule has 24 heavy (non-hydrogen) atoms. The van der Waals surface area contributed by atoms with Crippen LogP contribution in [0.15, 0.2) is 53.0 Å². The van der Waals surface area contributed by atoms with Gasteiger partial charge in [-0.1, -0.05) is 28.1 Å². The van der Waals surface area contributed by atoms with E-state index in [2.05, 4.69) is 21.2 Å². The lowest BCUT2D eigenvalue weighted by Crippen LogP contribution is -2.37. The van der Waals surface area contributed by atoms with Crippen LogP contribution >= 0.6 is 15.9 Å².